The molecule has 0 bridgehead atoms. The van der Waals surface area contributed by atoms with Gasteiger partial charge in [-0.25, -0.2) is 0 Å². The second kappa shape index (κ2) is 6.69. The van der Waals surface area contributed by atoms with Gasteiger partial charge in [0.1, 0.15) is 0 Å². The van der Waals surface area contributed by atoms with Crippen molar-refractivity contribution in [3.8, 4) is 0 Å². The molecule has 0 nitrogen and oxygen atoms in total. The van der Waals surface area contributed by atoms with Gasteiger partial charge in [0.25, 0.3) is 0 Å². The Bertz CT molecular complexity index is 738. The highest BCUT2D eigenvalue weighted by molar-refractivity contribution is 7.79. The molecule has 23 heavy (non-hydrogen) atoms. The van der Waals surface area contributed by atoms with Crippen molar-refractivity contribution in [2.45, 2.75) is 25.7 Å². The molecule has 0 heterocycles. The van der Waals surface area contributed by atoms with Gasteiger partial charge >= 0.3 is 0 Å². The lowest BCUT2D eigenvalue weighted by Crippen LogP contribution is -2.21. The van der Waals surface area contributed by atoms with E-state index in [1.807, 2.05) is 0 Å². The van der Waals surface area contributed by atoms with Gasteiger partial charge in [-0.3, -0.25) is 0 Å². The first-order valence-electron chi connectivity index (χ1n) is 8.44. The van der Waals surface area contributed by atoms with Gasteiger partial charge in [0, 0.05) is 0 Å². The van der Waals surface area contributed by atoms with Gasteiger partial charge in [0.2, 0.25) is 0 Å². The highest BCUT2D eigenvalue weighted by Gasteiger charge is 2.18. The molecule has 1 aliphatic rings. The first-order chi connectivity index (χ1) is 11.4. The number of fused-ring (bicyclic) bond motifs is 1. The van der Waals surface area contributed by atoms with Crippen molar-refractivity contribution < 1.29 is 0 Å². The summed E-state index contributed by atoms with van der Waals surface area (Å²) in [5.41, 5.74) is 3.14. The van der Waals surface area contributed by atoms with Gasteiger partial charge in [-0.1, -0.05) is 78.9 Å². The fourth-order valence-electron chi connectivity index (χ4n) is 3.46. The predicted octanol–water partition coefficient (Wildman–Crippen LogP) is 4.32. The van der Waals surface area contributed by atoms with E-state index in [1.54, 1.807) is 11.1 Å². The quantitative estimate of drug-likeness (QED) is 0.631. The Balaban J connectivity index is 1.82. The van der Waals surface area contributed by atoms with Crippen LogP contribution in [-0.2, 0) is 12.8 Å². The fraction of sp³-hybridized carbons (Fsp3) is 0.182. The van der Waals surface area contributed by atoms with Gasteiger partial charge in [-0.15, -0.1) is 0 Å². The van der Waals surface area contributed by atoms with Crippen molar-refractivity contribution in [2.75, 3.05) is 0 Å². The maximum Gasteiger partial charge on any atom is -0.0134 e. The molecule has 0 spiro atoms. The first kappa shape index (κ1) is 14.7. The monoisotopic (exact) mass is 316 g/mol. The molecule has 1 heteroatoms. The molecule has 0 N–H and O–H groups in total. The van der Waals surface area contributed by atoms with E-state index in [0.29, 0.717) is 0 Å². The van der Waals surface area contributed by atoms with Crippen molar-refractivity contribution in [3.63, 3.8) is 0 Å². The molecule has 0 aliphatic heterocycles. The minimum Gasteiger partial charge on any atom is -0.0622 e. The molecule has 0 aromatic heterocycles. The zero-order valence-electron chi connectivity index (χ0n) is 13.3. The Labute approximate surface area is 139 Å². The molecule has 0 saturated carbocycles. The summed E-state index contributed by atoms with van der Waals surface area (Å²) in [6, 6.07) is 29.2. The Morgan fingerprint density at radius 1 is 0.522 bits per heavy atom. The molecule has 1 aliphatic carbocycles. The van der Waals surface area contributed by atoms with Crippen LogP contribution in [-0.4, -0.2) is 0 Å². The molecule has 3 aromatic carbocycles. The average molecular weight is 316 g/mol. The third kappa shape index (κ3) is 3.09. The third-order valence-corrected chi connectivity index (χ3v) is 7.04. The van der Waals surface area contributed by atoms with Crippen molar-refractivity contribution in [1.29, 1.82) is 0 Å². The Morgan fingerprint density at radius 2 is 1.09 bits per heavy atom. The summed E-state index contributed by atoms with van der Waals surface area (Å²) in [7, 11) is -0.461. The van der Waals surface area contributed by atoms with E-state index in [0.717, 1.165) is 0 Å². The standard InChI is InChI=1S/C22H21P/c1-3-11-20(12-4-1)23(21-13-5-2-6-14-21)22-16-15-18-9-7-8-10-19(18)17-22/h1-6,11-17H,7-10H2. The van der Waals surface area contributed by atoms with Crippen LogP contribution in [0.25, 0.3) is 0 Å². The van der Waals surface area contributed by atoms with Crippen LogP contribution in [0.5, 0.6) is 0 Å². The van der Waals surface area contributed by atoms with E-state index in [4.69, 9.17) is 0 Å². The van der Waals surface area contributed by atoms with E-state index in [9.17, 15) is 0 Å². The summed E-state index contributed by atoms with van der Waals surface area (Å²) < 4.78 is 0. The number of hydrogen-bond acceptors (Lipinski definition) is 0. The van der Waals surface area contributed by atoms with Crippen LogP contribution in [0.2, 0.25) is 0 Å². The maximum absolute atomic E-state index is 2.49. The zero-order valence-corrected chi connectivity index (χ0v) is 14.2. The molecule has 0 radical (unpaired) electrons. The summed E-state index contributed by atoms with van der Waals surface area (Å²) in [5.74, 6) is 0. The van der Waals surface area contributed by atoms with E-state index in [-0.39, 0.29) is 0 Å². The normalized spacial score (nSPS) is 13.8. The lowest BCUT2D eigenvalue weighted by atomic mass is 9.92. The minimum atomic E-state index is -0.461. The second-order valence-corrected chi connectivity index (χ2v) is 8.39. The highest BCUT2D eigenvalue weighted by atomic mass is 31.1. The molecule has 4 rings (SSSR count). The van der Waals surface area contributed by atoms with Gasteiger partial charge < -0.3 is 0 Å². The van der Waals surface area contributed by atoms with Crippen molar-refractivity contribution >= 4 is 23.8 Å². The number of hydrogen-bond donors (Lipinski definition) is 0. The molecule has 0 unspecified atom stereocenters. The molecule has 0 fully saturated rings. The predicted molar refractivity (Wildman–Crippen MR) is 102 cm³/mol. The first-order valence-corrected chi connectivity index (χ1v) is 9.78. The molecule has 3 aromatic rings. The summed E-state index contributed by atoms with van der Waals surface area (Å²) in [5, 5.41) is 4.35. The zero-order chi connectivity index (χ0) is 15.5. The number of benzene rings is 3. The van der Waals surface area contributed by atoms with E-state index in [1.165, 1.54) is 41.6 Å². The highest BCUT2D eigenvalue weighted by Crippen LogP contribution is 2.34. The molecular weight excluding hydrogens is 295 g/mol. The lowest BCUT2D eigenvalue weighted by molar-refractivity contribution is 0.686. The third-order valence-electron chi connectivity index (χ3n) is 4.62. The average Bonchev–Trinajstić information content (AvgIpc) is 2.64. The smallest absolute Gasteiger partial charge is 0.0134 e. The molecule has 0 atom stereocenters. The van der Waals surface area contributed by atoms with Crippen LogP contribution in [0.4, 0.5) is 0 Å². The topological polar surface area (TPSA) is 0 Å². The van der Waals surface area contributed by atoms with E-state index >= 15 is 0 Å². The Kier molecular flexibility index (Phi) is 4.26. The van der Waals surface area contributed by atoms with E-state index < -0.39 is 7.92 Å². The van der Waals surface area contributed by atoms with Gasteiger partial charge in [-0.05, 0) is 60.6 Å². The van der Waals surface area contributed by atoms with Crippen molar-refractivity contribution in [3.05, 3.63) is 90.0 Å². The summed E-state index contributed by atoms with van der Waals surface area (Å²) >= 11 is 0. The van der Waals surface area contributed by atoms with Gasteiger partial charge in [0.15, 0.2) is 0 Å². The summed E-state index contributed by atoms with van der Waals surface area (Å²) in [6.07, 6.45) is 5.18. The Hall–Kier alpha value is -1.91. The van der Waals surface area contributed by atoms with Crippen LogP contribution in [0, 0.1) is 0 Å². The molecule has 0 saturated heterocycles. The van der Waals surface area contributed by atoms with Crippen LogP contribution < -0.4 is 15.9 Å². The Morgan fingerprint density at radius 3 is 1.70 bits per heavy atom. The maximum atomic E-state index is 2.49. The molecule has 0 amide bonds. The van der Waals surface area contributed by atoms with Gasteiger partial charge in [-0.2, -0.15) is 0 Å². The fourth-order valence-corrected chi connectivity index (χ4v) is 5.80. The number of rotatable bonds is 3. The van der Waals surface area contributed by atoms with Crippen LogP contribution in [0.1, 0.15) is 24.0 Å². The van der Waals surface area contributed by atoms with Crippen LogP contribution in [0.3, 0.4) is 0 Å². The SMILES string of the molecule is c1ccc(P(c2ccccc2)c2ccc3c(c2)CCCC3)cc1. The minimum absolute atomic E-state index is 0.461. The van der Waals surface area contributed by atoms with E-state index in [2.05, 4.69) is 78.9 Å². The summed E-state index contributed by atoms with van der Waals surface area (Å²) in [4.78, 5) is 0. The van der Waals surface area contributed by atoms with Crippen molar-refractivity contribution in [2.24, 2.45) is 0 Å². The molecule has 114 valence electrons. The lowest BCUT2D eigenvalue weighted by Gasteiger charge is -2.22. The molecular formula is C22H21P. The largest absolute Gasteiger partial charge is 0.0622 e. The van der Waals surface area contributed by atoms with Crippen molar-refractivity contribution in [1.82, 2.24) is 0 Å². The van der Waals surface area contributed by atoms with Crippen LogP contribution >= 0.6 is 7.92 Å². The number of aryl methyl sites for hydroxylation is 2. The van der Waals surface area contributed by atoms with Gasteiger partial charge in [0.05, 0.1) is 0 Å². The van der Waals surface area contributed by atoms with Crippen LogP contribution in [0.15, 0.2) is 78.9 Å². The second-order valence-electron chi connectivity index (χ2n) is 6.17. The summed E-state index contributed by atoms with van der Waals surface area (Å²) in [6.45, 7) is 0.